The van der Waals surface area contributed by atoms with Crippen molar-refractivity contribution in [2.24, 2.45) is 5.92 Å². The summed E-state index contributed by atoms with van der Waals surface area (Å²) in [7, 11) is 1.35. The summed E-state index contributed by atoms with van der Waals surface area (Å²) in [5, 5.41) is 10.9. The minimum Gasteiger partial charge on any atom is -0.490 e. The van der Waals surface area contributed by atoms with Crippen molar-refractivity contribution in [2.45, 2.75) is 12.8 Å². The number of carbonyl (C=O) groups is 1. The number of methoxy groups -OCH3 is 1. The van der Waals surface area contributed by atoms with Crippen LogP contribution in [0.1, 0.15) is 23.2 Å². The van der Waals surface area contributed by atoms with Crippen LogP contribution in [0, 0.1) is 16.0 Å². The van der Waals surface area contributed by atoms with E-state index in [4.69, 9.17) is 16.3 Å². The number of amides is 1. The van der Waals surface area contributed by atoms with Gasteiger partial charge in [0, 0.05) is 36.7 Å². The van der Waals surface area contributed by atoms with Crippen molar-refractivity contribution < 1.29 is 14.5 Å². The highest BCUT2D eigenvalue weighted by molar-refractivity contribution is 6.18. The number of nitrogens with zero attached hydrogens (tertiary/aromatic N) is 2. The minimum absolute atomic E-state index is 0.0986. The van der Waals surface area contributed by atoms with E-state index in [1.54, 1.807) is 4.90 Å². The van der Waals surface area contributed by atoms with E-state index in [0.717, 1.165) is 12.8 Å². The fourth-order valence-corrected chi connectivity index (χ4v) is 2.74. The zero-order valence-corrected chi connectivity index (χ0v) is 12.5. The van der Waals surface area contributed by atoms with E-state index < -0.39 is 4.92 Å². The Bertz CT molecular complexity index is 542. The molecule has 2 rings (SSSR count). The normalized spacial score (nSPS) is 15.8. The number of carbonyl (C=O) groups excluding carboxylic acids is 1. The third-order valence-electron chi connectivity index (χ3n) is 3.74. The minimum atomic E-state index is -0.529. The molecule has 1 amide bonds. The number of nitro benzene ring substituents is 1. The Balaban J connectivity index is 2.15. The van der Waals surface area contributed by atoms with Crippen LogP contribution in [0.5, 0.6) is 5.75 Å². The van der Waals surface area contributed by atoms with Gasteiger partial charge in [-0.2, -0.15) is 0 Å². The number of halogens is 1. The van der Waals surface area contributed by atoms with Crippen LogP contribution in [0.15, 0.2) is 18.2 Å². The second kappa shape index (κ2) is 6.76. The maximum absolute atomic E-state index is 12.4. The molecule has 0 aliphatic carbocycles. The number of rotatable bonds is 4. The molecular weight excluding hydrogens is 296 g/mol. The lowest BCUT2D eigenvalue weighted by atomic mass is 9.98. The molecule has 0 unspecified atom stereocenters. The molecule has 0 bridgehead atoms. The molecule has 1 aromatic rings. The number of hydrogen-bond donors (Lipinski definition) is 0. The third kappa shape index (κ3) is 3.44. The van der Waals surface area contributed by atoms with E-state index in [9.17, 15) is 14.9 Å². The van der Waals surface area contributed by atoms with Gasteiger partial charge in [-0.15, -0.1) is 11.6 Å². The summed E-state index contributed by atoms with van der Waals surface area (Å²) in [6.45, 7) is 1.32. The summed E-state index contributed by atoms with van der Waals surface area (Å²) in [5.41, 5.74) is 0.261. The molecule has 0 N–H and O–H groups in total. The van der Waals surface area contributed by atoms with E-state index in [2.05, 4.69) is 0 Å². The fourth-order valence-electron chi connectivity index (χ4n) is 2.43. The molecule has 1 saturated heterocycles. The summed E-state index contributed by atoms with van der Waals surface area (Å²) < 4.78 is 4.99. The Kier molecular flexibility index (Phi) is 5.01. The van der Waals surface area contributed by atoms with Crippen LogP contribution >= 0.6 is 11.6 Å². The van der Waals surface area contributed by atoms with Gasteiger partial charge in [-0.3, -0.25) is 14.9 Å². The number of piperidine rings is 1. The van der Waals surface area contributed by atoms with Crippen molar-refractivity contribution in [3.63, 3.8) is 0 Å². The Morgan fingerprint density at radius 1 is 1.48 bits per heavy atom. The van der Waals surface area contributed by atoms with Crippen LogP contribution in [-0.4, -0.2) is 41.8 Å². The quantitative estimate of drug-likeness (QED) is 0.487. The second-order valence-electron chi connectivity index (χ2n) is 5.03. The standard InChI is InChI=1S/C14H17ClN2O4/c1-21-13-8-11(2-3-12(13)17(19)20)14(18)16-6-4-10(9-15)5-7-16/h2-3,8,10H,4-7,9H2,1H3. The molecule has 21 heavy (non-hydrogen) atoms. The van der Waals surface area contributed by atoms with Crippen LogP contribution in [0.25, 0.3) is 0 Å². The van der Waals surface area contributed by atoms with E-state index in [1.807, 2.05) is 0 Å². The van der Waals surface area contributed by atoms with Crippen LogP contribution < -0.4 is 4.74 Å². The van der Waals surface area contributed by atoms with Crippen molar-refractivity contribution in [3.8, 4) is 5.75 Å². The molecule has 0 spiro atoms. The number of likely N-dealkylation sites (tertiary alicyclic amines) is 1. The van der Waals surface area contributed by atoms with Gasteiger partial charge in [0.25, 0.3) is 5.91 Å². The second-order valence-corrected chi connectivity index (χ2v) is 5.34. The van der Waals surface area contributed by atoms with Gasteiger partial charge in [0.05, 0.1) is 12.0 Å². The number of hydrogen-bond acceptors (Lipinski definition) is 4. The zero-order chi connectivity index (χ0) is 15.4. The maximum Gasteiger partial charge on any atom is 0.310 e. The van der Waals surface area contributed by atoms with Crippen molar-refractivity contribution in [3.05, 3.63) is 33.9 Å². The molecule has 0 aromatic heterocycles. The largest absolute Gasteiger partial charge is 0.490 e. The SMILES string of the molecule is COc1cc(C(=O)N2CCC(CCl)CC2)ccc1[N+](=O)[O-]. The maximum atomic E-state index is 12.4. The molecule has 0 saturated carbocycles. The van der Waals surface area contributed by atoms with Gasteiger partial charge in [0.1, 0.15) is 0 Å². The van der Waals surface area contributed by atoms with Gasteiger partial charge < -0.3 is 9.64 Å². The van der Waals surface area contributed by atoms with Gasteiger partial charge in [0.15, 0.2) is 5.75 Å². The Hall–Kier alpha value is -1.82. The lowest BCUT2D eigenvalue weighted by Crippen LogP contribution is -2.38. The lowest BCUT2D eigenvalue weighted by molar-refractivity contribution is -0.385. The summed E-state index contributed by atoms with van der Waals surface area (Å²) >= 11 is 5.83. The topological polar surface area (TPSA) is 72.7 Å². The molecule has 1 fully saturated rings. The molecule has 114 valence electrons. The summed E-state index contributed by atoms with van der Waals surface area (Å²) in [6.07, 6.45) is 1.78. The first-order chi connectivity index (χ1) is 10.1. The van der Waals surface area contributed by atoms with Crippen molar-refractivity contribution in [1.82, 2.24) is 4.90 Å². The Morgan fingerprint density at radius 2 is 2.14 bits per heavy atom. The summed E-state index contributed by atoms with van der Waals surface area (Å²) in [5.74, 6) is 1.05. The fraction of sp³-hybridized carbons (Fsp3) is 0.500. The predicted molar refractivity (Wildman–Crippen MR) is 79.0 cm³/mol. The van der Waals surface area contributed by atoms with Crippen LogP contribution in [-0.2, 0) is 0 Å². The molecule has 0 atom stereocenters. The average Bonchev–Trinajstić information content (AvgIpc) is 2.53. The molecule has 1 aliphatic heterocycles. The molecular formula is C14H17ClN2O4. The summed E-state index contributed by atoms with van der Waals surface area (Å²) in [6, 6.07) is 4.20. The molecule has 6 nitrogen and oxygen atoms in total. The van der Waals surface area contributed by atoms with Gasteiger partial charge >= 0.3 is 5.69 Å². The number of nitro groups is 1. The highest BCUT2D eigenvalue weighted by atomic mass is 35.5. The number of alkyl halides is 1. The molecule has 1 aromatic carbocycles. The zero-order valence-electron chi connectivity index (χ0n) is 11.8. The van der Waals surface area contributed by atoms with Gasteiger partial charge in [0.2, 0.25) is 0 Å². The highest BCUT2D eigenvalue weighted by Crippen LogP contribution is 2.28. The first kappa shape index (κ1) is 15.6. The van der Waals surface area contributed by atoms with Crippen LogP contribution in [0.2, 0.25) is 0 Å². The molecule has 1 heterocycles. The average molecular weight is 313 g/mol. The van der Waals surface area contributed by atoms with Gasteiger partial charge in [-0.25, -0.2) is 0 Å². The monoisotopic (exact) mass is 312 g/mol. The summed E-state index contributed by atoms with van der Waals surface area (Å²) in [4.78, 5) is 24.5. The van der Waals surface area contributed by atoms with Crippen molar-refractivity contribution >= 4 is 23.2 Å². The van der Waals surface area contributed by atoms with Crippen molar-refractivity contribution in [1.29, 1.82) is 0 Å². The first-order valence-electron chi connectivity index (χ1n) is 6.74. The smallest absolute Gasteiger partial charge is 0.310 e. The third-order valence-corrected chi connectivity index (χ3v) is 4.18. The molecule has 7 heteroatoms. The Morgan fingerprint density at radius 3 is 2.67 bits per heavy atom. The number of benzene rings is 1. The lowest BCUT2D eigenvalue weighted by Gasteiger charge is -2.31. The highest BCUT2D eigenvalue weighted by Gasteiger charge is 2.25. The van der Waals surface area contributed by atoms with E-state index in [0.29, 0.717) is 30.5 Å². The van der Waals surface area contributed by atoms with E-state index in [-0.39, 0.29) is 17.3 Å². The van der Waals surface area contributed by atoms with Crippen LogP contribution in [0.4, 0.5) is 5.69 Å². The predicted octanol–water partition coefficient (Wildman–Crippen LogP) is 2.69. The molecule has 1 aliphatic rings. The van der Waals surface area contributed by atoms with E-state index >= 15 is 0 Å². The number of ether oxygens (including phenoxy) is 1. The first-order valence-corrected chi connectivity index (χ1v) is 7.28. The Labute approximate surface area is 127 Å². The van der Waals surface area contributed by atoms with E-state index in [1.165, 1.54) is 25.3 Å². The van der Waals surface area contributed by atoms with Crippen LogP contribution in [0.3, 0.4) is 0 Å². The van der Waals surface area contributed by atoms with Crippen molar-refractivity contribution in [2.75, 3.05) is 26.1 Å². The van der Waals surface area contributed by atoms with Gasteiger partial charge in [-0.1, -0.05) is 0 Å². The molecule has 0 radical (unpaired) electrons. The van der Waals surface area contributed by atoms with Gasteiger partial charge in [-0.05, 0) is 24.8 Å².